The van der Waals surface area contributed by atoms with Crippen LogP contribution in [0, 0.1) is 0 Å². The van der Waals surface area contributed by atoms with Crippen LogP contribution in [0.25, 0.3) is 0 Å². The number of nitrogens with one attached hydrogen (secondary N) is 1. The van der Waals surface area contributed by atoms with Gasteiger partial charge in [-0.05, 0) is 42.7 Å². The monoisotopic (exact) mass is 432 g/mol. The van der Waals surface area contributed by atoms with Crippen molar-refractivity contribution >= 4 is 23.4 Å². The predicted molar refractivity (Wildman–Crippen MR) is 118 cm³/mol. The molecule has 7 heteroatoms. The van der Waals surface area contributed by atoms with E-state index in [1.54, 1.807) is 36.3 Å². The van der Waals surface area contributed by atoms with Gasteiger partial charge in [-0.2, -0.15) is 0 Å². The summed E-state index contributed by atoms with van der Waals surface area (Å²) in [6.07, 6.45) is 1.31. The highest BCUT2D eigenvalue weighted by Gasteiger charge is 2.28. The molecule has 162 valence electrons. The summed E-state index contributed by atoms with van der Waals surface area (Å²) in [5.74, 6) is 0.704. The molecule has 0 saturated carbocycles. The van der Waals surface area contributed by atoms with Gasteiger partial charge in [0.1, 0.15) is 17.5 Å². The highest BCUT2D eigenvalue weighted by molar-refractivity contribution is 6.32. The highest BCUT2D eigenvalue weighted by Crippen LogP contribution is 2.23. The summed E-state index contributed by atoms with van der Waals surface area (Å²) in [6, 6.07) is 13.8. The summed E-state index contributed by atoms with van der Waals surface area (Å²) in [5, 5.41) is 3.32. The highest BCUT2D eigenvalue weighted by atomic mass is 35.5. The Bertz CT molecular complexity index is 826. The molecule has 0 bridgehead atoms. The Morgan fingerprint density at radius 1 is 1.10 bits per heavy atom. The number of halogens is 1. The first-order valence-corrected chi connectivity index (χ1v) is 10.4. The fourth-order valence-corrected chi connectivity index (χ4v) is 3.19. The van der Waals surface area contributed by atoms with Gasteiger partial charge in [0.2, 0.25) is 5.91 Å². The van der Waals surface area contributed by atoms with Crippen LogP contribution in [0.5, 0.6) is 11.5 Å². The van der Waals surface area contributed by atoms with Crippen LogP contribution in [0.3, 0.4) is 0 Å². The normalized spacial score (nSPS) is 11.5. The molecule has 0 heterocycles. The SMILES string of the molecule is CCCNC(=O)C(CC)N(Cc1ccc(OC)cc1)C(=O)COc1ccccc1Cl. The van der Waals surface area contributed by atoms with Crippen LogP contribution >= 0.6 is 11.6 Å². The third-order valence-electron chi connectivity index (χ3n) is 4.63. The summed E-state index contributed by atoms with van der Waals surface area (Å²) in [6.45, 7) is 4.51. The molecule has 0 aliphatic heterocycles. The summed E-state index contributed by atoms with van der Waals surface area (Å²) in [5.41, 5.74) is 0.892. The van der Waals surface area contributed by atoms with Crippen LogP contribution in [0.15, 0.2) is 48.5 Å². The molecule has 2 amide bonds. The smallest absolute Gasteiger partial charge is 0.261 e. The minimum absolute atomic E-state index is 0.168. The molecule has 1 atom stereocenters. The molecule has 2 aromatic rings. The van der Waals surface area contributed by atoms with Gasteiger partial charge in [0.25, 0.3) is 5.91 Å². The number of benzene rings is 2. The van der Waals surface area contributed by atoms with Gasteiger partial charge in [0.15, 0.2) is 6.61 Å². The maximum absolute atomic E-state index is 13.1. The maximum Gasteiger partial charge on any atom is 0.261 e. The molecule has 1 unspecified atom stereocenters. The van der Waals surface area contributed by atoms with E-state index in [-0.39, 0.29) is 25.0 Å². The Labute approximate surface area is 183 Å². The average molecular weight is 433 g/mol. The zero-order valence-electron chi connectivity index (χ0n) is 17.7. The van der Waals surface area contributed by atoms with Gasteiger partial charge in [-0.15, -0.1) is 0 Å². The van der Waals surface area contributed by atoms with Gasteiger partial charge >= 0.3 is 0 Å². The Balaban J connectivity index is 2.20. The fourth-order valence-electron chi connectivity index (χ4n) is 3.00. The maximum atomic E-state index is 13.1. The van der Waals surface area contributed by atoms with Crippen LogP contribution in [-0.2, 0) is 16.1 Å². The van der Waals surface area contributed by atoms with Gasteiger partial charge in [0.05, 0.1) is 12.1 Å². The lowest BCUT2D eigenvalue weighted by Gasteiger charge is -2.30. The van der Waals surface area contributed by atoms with E-state index < -0.39 is 6.04 Å². The van der Waals surface area contributed by atoms with Crippen molar-refractivity contribution in [1.82, 2.24) is 10.2 Å². The summed E-state index contributed by atoms with van der Waals surface area (Å²) < 4.78 is 10.8. The molecular weight excluding hydrogens is 404 g/mol. The Hall–Kier alpha value is -2.73. The van der Waals surface area contributed by atoms with E-state index >= 15 is 0 Å². The molecule has 0 radical (unpaired) electrons. The fraction of sp³-hybridized carbons (Fsp3) is 0.391. The second kappa shape index (κ2) is 12.1. The van der Waals surface area contributed by atoms with E-state index in [2.05, 4.69) is 5.32 Å². The first kappa shape index (κ1) is 23.5. The largest absolute Gasteiger partial charge is 0.497 e. The number of ether oxygens (including phenoxy) is 2. The van der Waals surface area contributed by atoms with Crippen molar-refractivity contribution in [2.45, 2.75) is 39.3 Å². The predicted octanol–water partition coefficient (Wildman–Crippen LogP) is 4.06. The van der Waals surface area contributed by atoms with Crippen molar-refractivity contribution in [3.8, 4) is 11.5 Å². The lowest BCUT2D eigenvalue weighted by Crippen LogP contribution is -2.50. The zero-order valence-corrected chi connectivity index (χ0v) is 18.4. The Morgan fingerprint density at radius 2 is 1.80 bits per heavy atom. The minimum atomic E-state index is -0.596. The molecule has 2 aromatic carbocycles. The molecule has 30 heavy (non-hydrogen) atoms. The Kier molecular flexibility index (Phi) is 9.48. The second-order valence-corrected chi connectivity index (χ2v) is 7.21. The van der Waals surface area contributed by atoms with E-state index in [1.807, 2.05) is 38.1 Å². The lowest BCUT2D eigenvalue weighted by atomic mass is 10.1. The Morgan fingerprint density at radius 3 is 2.40 bits per heavy atom. The first-order chi connectivity index (χ1) is 14.5. The molecule has 2 rings (SSSR count). The van der Waals surface area contributed by atoms with Crippen molar-refractivity contribution in [2.24, 2.45) is 0 Å². The molecule has 1 N–H and O–H groups in total. The molecule has 0 saturated heterocycles. The number of carbonyl (C=O) groups is 2. The molecule has 0 spiro atoms. The summed E-state index contributed by atoms with van der Waals surface area (Å²) in [4.78, 5) is 27.4. The number of rotatable bonds is 11. The van der Waals surface area contributed by atoms with Gasteiger partial charge < -0.3 is 19.7 Å². The van der Waals surface area contributed by atoms with Crippen molar-refractivity contribution in [1.29, 1.82) is 0 Å². The number of para-hydroxylation sites is 1. The standard InChI is InChI=1S/C23H29ClN2O4/c1-4-14-25-23(28)20(5-2)26(15-17-10-12-18(29-3)13-11-17)22(27)16-30-21-9-7-6-8-19(21)24/h6-13,20H,4-5,14-16H2,1-3H3,(H,25,28). The third kappa shape index (κ3) is 6.66. The van der Waals surface area contributed by atoms with Crippen LogP contribution in [0.1, 0.15) is 32.3 Å². The number of hydrogen-bond acceptors (Lipinski definition) is 4. The topological polar surface area (TPSA) is 67.9 Å². The number of hydrogen-bond donors (Lipinski definition) is 1. The molecule has 0 aliphatic rings. The van der Waals surface area contributed by atoms with E-state index in [0.717, 1.165) is 17.7 Å². The van der Waals surface area contributed by atoms with Gasteiger partial charge in [0, 0.05) is 13.1 Å². The van der Waals surface area contributed by atoms with E-state index in [9.17, 15) is 9.59 Å². The molecule has 6 nitrogen and oxygen atoms in total. The number of amides is 2. The van der Waals surface area contributed by atoms with Crippen LogP contribution < -0.4 is 14.8 Å². The van der Waals surface area contributed by atoms with E-state index in [1.165, 1.54) is 0 Å². The summed E-state index contributed by atoms with van der Waals surface area (Å²) in [7, 11) is 1.60. The van der Waals surface area contributed by atoms with Gasteiger partial charge in [-0.3, -0.25) is 9.59 Å². The first-order valence-electron chi connectivity index (χ1n) is 10.1. The lowest BCUT2D eigenvalue weighted by molar-refractivity contribution is -0.143. The molecular formula is C23H29ClN2O4. The zero-order chi connectivity index (χ0) is 21.9. The third-order valence-corrected chi connectivity index (χ3v) is 4.95. The number of methoxy groups -OCH3 is 1. The number of nitrogens with zero attached hydrogens (tertiary/aromatic N) is 1. The van der Waals surface area contributed by atoms with E-state index in [4.69, 9.17) is 21.1 Å². The molecule has 0 aliphatic carbocycles. The quantitative estimate of drug-likeness (QED) is 0.581. The minimum Gasteiger partial charge on any atom is -0.497 e. The molecule has 0 aromatic heterocycles. The summed E-state index contributed by atoms with van der Waals surface area (Å²) >= 11 is 6.12. The van der Waals surface area contributed by atoms with Gasteiger partial charge in [-0.1, -0.05) is 49.7 Å². The van der Waals surface area contributed by atoms with Crippen molar-refractivity contribution in [2.75, 3.05) is 20.3 Å². The van der Waals surface area contributed by atoms with Crippen LogP contribution in [-0.4, -0.2) is 43.0 Å². The molecule has 0 fully saturated rings. The van der Waals surface area contributed by atoms with Crippen molar-refractivity contribution in [3.05, 3.63) is 59.1 Å². The average Bonchev–Trinajstić information content (AvgIpc) is 2.77. The van der Waals surface area contributed by atoms with Crippen LogP contribution in [0.4, 0.5) is 0 Å². The van der Waals surface area contributed by atoms with Crippen molar-refractivity contribution in [3.63, 3.8) is 0 Å². The van der Waals surface area contributed by atoms with Crippen LogP contribution in [0.2, 0.25) is 5.02 Å². The second-order valence-electron chi connectivity index (χ2n) is 6.80. The van der Waals surface area contributed by atoms with E-state index in [0.29, 0.717) is 23.7 Å². The number of carbonyl (C=O) groups excluding carboxylic acids is 2. The van der Waals surface area contributed by atoms with Crippen molar-refractivity contribution < 1.29 is 19.1 Å². The van der Waals surface area contributed by atoms with Gasteiger partial charge in [-0.25, -0.2) is 0 Å².